The predicted octanol–water partition coefficient (Wildman–Crippen LogP) is 1.23. The molecule has 0 aliphatic heterocycles. The minimum absolute atomic E-state index is 0.0161. The third-order valence-electron chi connectivity index (χ3n) is 5.64. The van der Waals surface area contributed by atoms with Gasteiger partial charge in [0.15, 0.2) is 18.3 Å². The lowest BCUT2D eigenvalue weighted by molar-refractivity contribution is -0.181. The number of rotatable bonds is 14. The molecule has 2 aromatic carbocycles. The van der Waals surface area contributed by atoms with Crippen LogP contribution in [-0.4, -0.2) is 85.7 Å². The molecule has 0 radical (unpaired) electrons. The molecule has 40 heavy (non-hydrogen) atoms. The van der Waals surface area contributed by atoms with E-state index in [-0.39, 0.29) is 19.6 Å². The summed E-state index contributed by atoms with van der Waals surface area (Å²) in [5.41, 5.74) is 0.767. The summed E-state index contributed by atoms with van der Waals surface area (Å²) >= 11 is 0. The van der Waals surface area contributed by atoms with E-state index in [1.165, 1.54) is 34.8 Å². The van der Waals surface area contributed by atoms with Crippen LogP contribution in [0, 0.1) is 0 Å². The number of methoxy groups -OCH3 is 1. The van der Waals surface area contributed by atoms with Gasteiger partial charge in [0.2, 0.25) is 0 Å². The Bertz CT molecular complexity index is 1200. The van der Waals surface area contributed by atoms with E-state index in [4.69, 9.17) is 23.7 Å². The minimum atomic E-state index is -1.45. The van der Waals surface area contributed by atoms with Crippen molar-refractivity contribution in [3.63, 3.8) is 0 Å². The third-order valence-corrected chi connectivity index (χ3v) is 5.64. The molecule has 0 saturated carbocycles. The van der Waals surface area contributed by atoms with Crippen LogP contribution in [0.25, 0.3) is 10.8 Å². The summed E-state index contributed by atoms with van der Waals surface area (Å²) in [6.07, 6.45) is -5.52. The van der Waals surface area contributed by atoms with E-state index in [2.05, 4.69) is 5.32 Å². The highest BCUT2D eigenvalue weighted by atomic mass is 16.6. The van der Waals surface area contributed by atoms with Crippen LogP contribution in [0.4, 0.5) is 0 Å². The van der Waals surface area contributed by atoms with Gasteiger partial charge in [-0.05, 0) is 44.0 Å². The van der Waals surface area contributed by atoms with Gasteiger partial charge in [0.05, 0.1) is 6.61 Å². The number of ether oxygens (including phenoxy) is 5. The molecule has 218 valence electrons. The Morgan fingerprint density at radius 3 is 1.93 bits per heavy atom. The molecule has 12 nitrogen and oxygen atoms in total. The van der Waals surface area contributed by atoms with Crippen molar-refractivity contribution in [1.82, 2.24) is 5.32 Å². The number of esters is 4. The van der Waals surface area contributed by atoms with E-state index in [1.807, 2.05) is 42.5 Å². The van der Waals surface area contributed by atoms with Gasteiger partial charge in [-0.2, -0.15) is 0 Å². The summed E-state index contributed by atoms with van der Waals surface area (Å²) in [5.74, 6) is -4.60. The van der Waals surface area contributed by atoms with Crippen molar-refractivity contribution in [2.45, 2.75) is 64.6 Å². The maximum atomic E-state index is 12.9. The van der Waals surface area contributed by atoms with Gasteiger partial charge in [0, 0.05) is 13.5 Å². The number of aliphatic hydroxyl groups excluding tert-OH is 1. The van der Waals surface area contributed by atoms with Crippen LogP contribution in [0.5, 0.6) is 0 Å². The van der Waals surface area contributed by atoms with Crippen LogP contribution >= 0.6 is 0 Å². The Balaban J connectivity index is 2.02. The molecule has 0 aliphatic carbocycles. The van der Waals surface area contributed by atoms with Gasteiger partial charge in [0.1, 0.15) is 18.8 Å². The van der Waals surface area contributed by atoms with Crippen molar-refractivity contribution in [3.8, 4) is 0 Å². The molecule has 0 fully saturated rings. The topological polar surface area (TPSA) is 164 Å². The lowest BCUT2D eigenvalue weighted by Crippen LogP contribution is -2.48. The highest BCUT2D eigenvalue weighted by Gasteiger charge is 2.30. The molecule has 1 amide bonds. The number of benzene rings is 2. The molecule has 2 rings (SSSR count). The summed E-state index contributed by atoms with van der Waals surface area (Å²) in [5, 5.41) is 13.7. The summed E-state index contributed by atoms with van der Waals surface area (Å²) in [7, 11) is 1.46. The van der Waals surface area contributed by atoms with Gasteiger partial charge in [-0.1, -0.05) is 42.5 Å². The number of aliphatic hydroxyl groups is 1. The second kappa shape index (κ2) is 15.5. The zero-order valence-electron chi connectivity index (χ0n) is 23.1. The highest BCUT2D eigenvalue weighted by molar-refractivity contribution is 5.90. The SMILES string of the molecule is COCCOC(=O)C(Cc1ccc2ccccc2c1)NC(=O)C(C)OC(=O)C(C)OC(=O)C(C)OC(=O)C(C)O. The van der Waals surface area contributed by atoms with E-state index < -0.39 is 60.2 Å². The molecule has 0 spiro atoms. The Labute approximate surface area is 231 Å². The first-order valence-electron chi connectivity index (χ1n) is 12.7. The molecule has 0 bridgehead atoms. The van der Waals surface area contributed by atoms with Crippen molar-refractivity contribution in [1.29, 1.82) is 0 Å². The number of hydrogen-bond acceptors (Lipinski definition) is 11. The first-order valence-corrected chi connectivity index (χ1v) is 12.7. The zero-order chi connectivity index (χ0) is 29.8. The second-order valence-electron chi connectivity index (χ2n) is 9.02. The first-order chi connectivity index (χ1) is 18.9. The number of hydrogen-bond donors (Lipinski definition) is 2. The Morgan fingerprint density at radius 1 is 0.750 bits per heavy atom. The summed E-state index contributed by atoms with van der Waals surface area (Å²) in [6.45, 7) is 5.03. The fraction of sp³-hybridized carbons (Fsp3) is 0.464. The smallest absolute Gasteiger partial charge is 0.347 e. The Hall–Kier alpha value is -4.03. The van der Waals surface area contributed by atoms with Gasteiger partial charge in [-0.3, -0.25) is 4.79 Å². The normalized spacial score (nSPS) is 14.7. The van der Waals surface area contributed by atoms with Crippen LogP contribution in [0.2, 0.25) is 0 Å². The van der Waals surface area contributed by atoms with Crippen LogP contribution in [-0.2, 0) is 54.1 Å². The average molecular weight is 562 g/mol. The second-order valence-corrected chi connectivity index (χ2v) is 9.02. The minimum Gasteiger partial charge on any atom is -0.462 e. The van der Waals surface area contributed by atoms with Crippen LogP contribution in [0.3, 0.4) is 0 Å². The van der Waals surface area contributed by atoms with E-state index in [0.29, 0.717) is 0 Å². The zero-order valence-corrected chi connectivity index (χ0v) is 23.1. The fourth-order valence-electron chi connectivity index (χ4n) is 3.37. The molecule has 5 atom stereocenters. The lowest BCUT2D eigenvalue weighted by atomic mass is 10.0. The van der Waals surface area contributed by atoms with E-state index >= 15 is 0 Å². The summed E-state index contributed by atoms with van der Waals surface area (Å²) in [6, 6.07) is 12.2. The molecule has 5 unspecified atom stereocenters. The van der Waals surface area contributed by atoms with Crippen molar-refractivity contribution >= 4 is 40.6 Å². The van der Waals surface area contributed by atoms with Gasteiger partial charge < -0.3 is 34.1 Å². The van der Waals surface area contributed by atoms with Crippen molar-refractivity contribution < 1.29 is 52.8 Å². The van der Waals surface area contributed by atoms with Gasteiger partial charge in [0.25, 0.3) is 5.91 Å². The van der Waals surface area contributed by atoms with Gasteiger partial charge in [-0.15, -0.1) is 0 Å². The number of amides is 1. The lowest BCUT2D eigenvalue weighted by Gasteiger charge is -2.22. The fourth-order valence-corrected chi connectivity index (χ4v) is 3.37. The molecular weight excluding hydrogens is 526 g/mol. The Morgan fingerprint density at radius 2 is 1.32 bits per heavy atom. The molecule has 0 aromatic heterocycles. The van der Waals surface area contributed by atoms with E-state index in [0.717, 1.165) is 16.3 Å². The van der Waals surface area contributed by atoms with Crippen LogP contribution in [0.15, 0.2) is 42.5 Å². The summed E-state index contributed by atoms with van der Waals surface area (Å²) in [4.78, 5) is 61.6. The molecule has 2 N–H and O–H groups in total. The first kappa shape index (κ1) is 32.2. The quantitative estimate of drug-likeness (QED) is 0.194. The summed E-state index contributed by atoms with van der Waals surface area (Å²) < 4.78 is 24.9. The predicted molar refractivity (Wildman–Crippen MR) is 141 cm³/mol. The Kier molecular flexibility index (Phi) is 12.5. The number of carbonyl (C=O) groups excluding carboxylic acids is 5. The van der Waals surface area contributed by atoms with Crippen molar-refractivity contribution in [2.75, 3.05) is 20.3 Å². The molecule has 0 aliphatic rings. The average Bonchev–Trinajstić information content (AvgIpc) is 2.92. The standard InChI is InChI=1S/C28H35NO11/c1-16(30)25(32)39-18(3)27(34)40-19(4)26(33)38-17(2)24(31)29-23(28(35)37-13-12-36-5)15-20-10-11-21-8-6-7-9-22(21)14-20/h6-11,14,16-19,23,30H,12-13,15H2,1-5H3,(H,29,31). The monoisotopic (exact) mass is 561 g/mol. The van der Waals surface area contributed by atoms with Crippen LogP contribution < -0.4 is 5.32 Å². The molecular formula is C28H35NO11. The highest BCUT2D eigenvalue weighted by Crippen LogP contribution is 2.17. The van der Waals surface area contributed by atoms with Gasteiger partial charge >= 0.3 is 23.9 Å². The van der Waals surface area contributed by atoms with Crippen molar-refractivity contribution in [3.05, 3.63) is 48.0 Å². The number of carbonyl (C=O) groups is 5. The number of nitrogens with one attached hydrogen (secondary N) is 1. The molecule has 2 aromatic rings. The molecule has 12 heteroatoms. The van der Waals surface area contributed by atoms with Crippen molar-refractivity contribution in [2.24, 2.45) is 0 Å². The number of fused-ring (bicyclic) bond motifs is 1. The molecule has 0 saturated heterocycles. The molecule has 0 heterocycles. The van der Waals surface area contributed by atoms with Gasteiger partial charge in [-0.25, -0.2) is 19.2 Å². The third kappa shape index (κ3) is 9.93. The van der Waals surface area contributed by atoms with Crippen LogP contribution in [0.1, 0.15) is 33.3 Å². The largest absolute Gasteiger partial charge is 0.462 e. The van der Waals surface area contributed by atoms with E-state index in [1.54, 1.807) is 0 Å². The maximum Gasteiger partial charge on any atom is 0.347 e. The maximum absolute atomic E-state index is 12.9. The van der Waals surface area contributed by atoms with E-state index in [9.17, 15) is 29.1 Å².